The summed E-state index contributed by atoms with van der Waals surface area (Å²) < 4.78 is 0. The first-order valence-corrected chi connectivity index (χ1v) is 8.19. The Morgan fingerprint density at radius 1 is 0.889 bits per heavy atom. The first-order valence-electron chi connectivity index (χ1n) is 8.19. The van der Waals surface area contributed by atoms with E-state index in [9.17, 15) is 0 Å². The third-order valence-corrected chi connectivity index (χ3v) is 4.14. The average molecular weight is 255 g/mol. The molecular formula is C17H37N. The molecule has 18 heavy (non-hydrogen) atoms. The Kier molecular flexibility index (Phi) is 9.81. The van der Waals surface area contributed by atoms with Gasteiger partial charge in [0, 0.05) is 6.04 Å². The first-order chi connectivity index (χ1) is 8.45. The molecule has 2 unspecified atom stereocenters. The molecule has 0 heterocycles. The quantitative estimate of drug-likeness (QED) is 0.551. The molecule has 0 rings (SSSR count). The van der Waals surface area contributed by atoms with Crippen LogP contribution < -0.4 is 5.32 Å². The summed E-state index contributed by atoms with van der Waals surface area (Å²) in [5.74, 6) is 0.965. The van der Waals surface area contributed by atoms with Gasteiger partial charge in [0.25, 0.3) is 0 Å². The van der Waals surface area contributed by atoms with Crippen LogP contribution in [0.3, 0.4) is 0 Å². The van der Waals surface area contributed by atoms with E-state index >= 15 is 0 Å². The Morgan fingerprint density at radius 3 is 1.94 bits per heavy atom. The van der Waals surface area contributed by atoms with Crippen molar-refractivity contribution in [2.24, 2.45) is 11.3 Å². The monoisotopic (exact) mass is 255 g/mol. The van der Waals surface area contributed by atoms with Gasteiger partial charge in [0.15, 0.2) is 0 Å². The van der Waals surface area contributed by atoms with E-state index in [1.807, 2.05) is 0 Å². The van der Waals surface area contributed by atoms with Crippen LogP contribution in [0.1, 0.15) is 86.5 Å². The zero-order valence-corrected chi connectivity index (χ0v) is 13.8. The Bertz CT molecular complexity index is 181. The van der Waals surface area contributed by atoms with Crippen molar-refractivity contribution in [1.29, 1.82) is 0 Å². The van der Waals surface area contributed by atoms with Gasteiger partial charge in [-0.05, 0) is 24.3 Å². The average Bonchev–Trinajstić information content (AvgIpc) is 2.30. The van der Waals surface area contributed by atoms with E-state index in [0.29, 0.717) is 11.5 Å². The van der Waals surface area contributed by atoms with E-state index in [0.717, 1.165) is 12.5 Å². The van der Waals surface area contributed by atoms with E-state index < -0.39 is 0 Å². The van der Waals surface area contributed by atoms with Gasteiger partial charge >= 0.3 is 0 Å². The first kappa shape index (κ1) is 18.0. The number of hydrogen-bond donors (Lipinski definition) is 1. The van der Waals surface area contributed by atoms with Gasteiger partial charge in [-0.3, -0.25) is 0 Å². The second kappa shape index (κ2) is 9.83. The van der Waals surface area contributed by atoms with Gasteiger partial charge in [-0.25, -0.2) is 0 Å². The molecule has 2 atom stereocenters. The Morgan fingerprint density at radius 2 is 1.50 bits per heavy atom. The molecule has 0 saturated heterocycles. The predicted octanol–water partition coefficient (Wildman–Crippen LogP) is 5.40. The maximum atomic E-state index is 3.66. The molecule has 0 aromatic carbocycles. The summed E-state index contributed by atoms with van der Waals surface area (Å²) in [6.07, 6.45) is 9.70. The number of nitrogens with one attached hydrogen (secondary N) is 1. The van der Waals surface area contributed by atoms with Gasteiger partial charge in [0.1, 0.15) is 0 Å². The van der Waals surface area contributed by atoms with Crippen molar-refractivity contribution >= 4 is 0 Å². The summed E-state index contributed by atoms with van der Waals surface area (Å²) in [4.78, 5) is 0. The highest BCUT2D eigenvalue weighted by atomic mass is 14.9. The fraction of sp³-hybridized carbons (Fsp3) is 1.00. The molecular weight excluding hydrogens is 218 g/mol. The van der Waals surface area contributed by atoms with E-state index in [4.69, 9.17) is 0 Å². The maximum Gasteiger partial charge on any atom is 0.0115 e. The normalized spacial score (nSPS) is 15.7. The summed E-state index contributed by atoms with van der Waals surface area (Å²) in [7, 11) is 0. The largest absolute Gasteiger partial charge is 0.314 e. The van der Waals surface area contributed by atoms with E-state index in [-0.39, 0.29) is 0 Å². The molecule has 0 saturated carbocycles. The zero-order valence-electron chi connectivity index (χ0n) is 13.8. The molecule has 1 heteroatoms. The van der Waals surface area contributed by atoms with E-state index in [1.54, 1.807) is 0 Å². The smallest absolute Gasteiger partial charge is 0.0115 e. The van der Waals surface area contributed by atoms with Crippen LogP contribution >= 0.6 is 0 Å². The van der Waals surface area contributed by atoms with Crippen molar-refractivity contribution in [3.05, 3.63) is 0 Å². The third-order valence-electron chi connectivity index (χ3n) is 4.14. The van der Waals surface area contributed by atoms with Crippen molar-refractivity contribution < 1.29 is 0 Å². The van der Waals surface area contributed by atoms with Crippen molar-refractivity contribution in [2.45, 2.75) is 92.5 Å². The number of rotatable bonds is 10. The Hall–Kier alpha value is -0.0400. The topological polar surface area (TPSA) is 12.0 Å². The van der Waals surface area contributed by atoms with E-state index in [2.05, 4.69) is 46.9 Å². The lowest BCUT2D eigenvalue weighted by Crippen LogP contribution is -2.40. The van der Waals surface area contributed by atoms with Gasteiger partial charge in [-0.15, -0.1) is 0 Å². The SMILES string of the molecule is CCCCC(CC)CCCC(NCC)C(C)(C)C. The van der Waals surface area contributed by atoms with Crippen LogP contribution in [0.2, 0.25) is 0 Å². The summed E-state index contributed by atoms with van der Waals surface area (Å²) in [6.45, 7) is 15.0. The summed E-state index contributed by atoms with van der Waals surface area (Å²) in [5, 5.41) is 3.66. The minimum Gasteiger partial charge on any atom is -0.314 e. The van der Waals surface area contributed by atoms with Crippen molar-refractivity contribution in [3.63, 3.8) is 0 Å². The highest BCUT2D eigenvalue weighted by molar-refractivity contribution is 4.80. The minimum atomic E-state index is 0.390. The van der Waals surface area contributed by atoms with Crippen molar-refractivity contribution in [1.82, 2.24) is 5.32 Å². The molecule has 0 radical (unpaired) electrons. The summed E-state index contributed by atoms with van der Waals surface area (Å²) in [6, 6.07) is 0.672. The molecule has 0 bridgehead atoms. The van der Waals surface area contributed by atoms with Crippen LogP contribution in [0.5, 0.6) is 0 Å². The lowest BCUT2D eigenvalue weighted by molar-refractivity contribution is 0.246. The van der Waals surface area contributed by atoms with Crippen LogP contribution in [0.15, 0.2) is 0 Å². The fourth-order valence-electron chi connectivity index (χ4n) is 2.74. The maximum absolute atomic E-state index is 3.66. The van der Waals surface area contributed by atoms with Crippen LogP contribution in [0, 0.1) is 11.3 Å². The molecule has 0 aliphatic carbocycles. The van der Waals surface area contributed by atoms with Gasteiger partial charge in [-0.1, -0.05) is 80.1 Å². The van der Waals surface area contributed by atoms with Gasteiger partial charge in [0.05, 0.1) is 0 Å². The molecule has 1 nitrogen and oxygen atoms in total. The lowest BCUT2D eigenvalue weighted by Gasteiger charge is -2.32. The second-order valence-corrected chi connectivity index (χ2v) is 6.82. The Labute approximate surface area is 116 Å². The Balaban J connectivity index is 3.96. The molecule has 0 aromatic rings. The van der Waals surface area contributed by atoms with Crippen molar-refractivity contribution in [2.75, 3.05) is 6.54 Å². The molecule has 110 valence electrons. The third kappa shape index (κ3) is 8.13. The molecule has 0 fully saturated rings. The standard InChI is InChI=1S/C17H37N/c1-7-10-12-15(8-2)13-11-14-16(18-9-3)17(4,5)6/h15-16,18H,7-14H2,1-6H3. The minimum absolute atomic E-state index is 0.390. The van der Waals surface area contributed by atoms with Crippen LogP contribution in [0.25, 0.3) is 0 Å². The van der Waals surface area contributed by atoms with E-state index in [1.165, 1.54) is 44.9 Å². The summed E-state index contributed by atoms with van der Waals surface area (Å²) >= 11 is 0. The second-order valence-electron chi connectivity index (χ2n) is 6.82. The van der Waals surface area contributed by atoms with Crippen molar-refractivity contribution in [3.8, 4) is 0 Å². The molecule has 0 aromatic heterocycles. The van der Waals surface area contributed by atoms with Crippen LogP contribution in [-0.4, -0.2) is 12.6 Å². The van der Waals surface area contributed by atoms with Gasteiger partial charge in [0.2, 0.25) is 0 Å². The van der Waals surface area contributed by atoms with Gasteiger partial charge in [-0.2, -0.15) is 0 Å². The highest BCUT2D eigenvalue weighted by Gasteiger charge is 2.23. The van der Waals surface area contributed by atoms with Crippen LogP contribution in [-0.2, 0) is 0 Å². The number of hydrogen-bond acceptors (Lipinski definition) is 1. The molecule has 0 aliphatic heterocycles. The zero-order chi connectivity index (χ0) is 14.0. The molecule has 0 aliphatic rings. The number of unbranched alkanes of at least 4 members (excludes halogenated alkanes) is 1. The summed E-state index contributed by atoms with van der Waals surface area (Å²) in [5.41, 5.74) is 0.390. The highest BCUT2D eigenvalue weighted by Crippen LogP contribution is 2.26. The molecule has 1 N–H and O–H groups in total. The van der Waals surface area contributed by atoms with Gasteiger partial charge < -0.3 is 5.32 Å². The predicted molar refractivity (Wildman–Crippen MR) is 84.1 cm³/mol. The fourth-order valence-corrected chi connectivity index (χ4v) is 2.74. The molecule has 0 spiro atoms. The van der Waals surface area contributed by atoms with Crippen LogP contribution in [0.4, 0.5) is 0 Å². The lowest BCUT2D eigenvalue weighted by atomic mass is 9.82. The molecule has 0 amide bonds.